The fraction of sp³-hybridized carbons (Fsp3) is 0.900. The highest BCUT2D eigenvalue weighted by Gasteiger charge is 2.28. The van der Waals surface area contributed by atoms with Crippen LogP contribution in [0.3, 0.4) is 0 Å². The van der Waals surface area contributed by atoms with Gasteiger partial charge in [0.2, 0.25) is 0 Å². The van der Waals surface area contributed by atoms with Crippen molar-refractivity contribution in [3.8, 4) is 0 Å². The Hall–Kier alpha value is -0.0400. The van der Waals surface area contributed by atoms with Gasteiger partial charge in [-0.05, 0) is 39.2 Å². The average Bonchev–Trinajstić information content (AvgIpc) is 2.32. The molecule has 0 aromatic heterocycles. The van der Waals surface area contributed by atoms with Crippen LogP contribution in [0, 0.1) is 6.42 Å². The molecule has 63 valence electrons. The van der Waals surface area contributed by atoms with Crippen LogP contribution in [0.5, 0.6) is 0 Å². The summed E-state index contributed by atoms with van der Waals surface area (Å²) in [5.41, 5.74) is 0. The van der Waals surface area contributed by atoms with Gasteiger partial charge in [-0.25, -0.2) is 0 Å². The van der Waals surface area contributed by atoms with Gasteiger partial charge in [-0.2, -0.15) is 0 Å². The van der Waals surface area contributed by atoms with Crippen molar-refractivity contribution in [1.82, 2.24) is 4.90 Å². The van der Waals surface area contributed by atoms with Crippen molar-refractivity contribution >= 4 is 0 Å². The van der Waals surface area contributed by atoms with Crippen LogP contribution in [0.1, 0.15) is 38.5 Å². The summed E-state index contributed by atoms with van der Waals surface area (Å²) in [6, 6.07) is 1.83. The number of nitrogens with zero attached hydrogens (tertiary/aromatic N) is 1. The topological polar surface area (TPSA) is 3.24 Å². The molecule has 11 heavy (non-hydrogen) atoms. The van der Waals surface area contributed by atoms with Crippen molar-refractivity contribution in [2.75, 3.05) is 7.05 Å². The molecule has 0 aromatic rings. The molecule has 2 fully saturated rings. The van der Waals surface area contributed by atoms with Gasteiger partial charge < -0.3 is 4.90 Å². The van der Waals surface area contributed by atoms with Gasteiger partial charge >= 0.3 is 0 Å². The molecule has 0 bridgehead atoms. The van der Waals surface area contributed by atoms with Crippen LogP contribution in [-0.4, -0.2) is 24.0 Å². The molecule has 1 nitrogen and oxygen atoms in total. The molecular formula is C10H18N. The van der Waals surface area contributed by atoms with Crippen LogP contribution >= 0.6 is 0 Å². The summed E-state index contributed by atoms with van der Waals surface area (Å²) in [5.74, 6) is 0. The molecule has 2 rings (SSSR count). The molecule has 2 aliphatic carbocycles. The van der Waals surface area contributed by atoms with Gasteiger partial charge in [-0.1, -0.05) is 12.8 Å². The summed E-state index contributed by atoms with van der Waals surface area (Å²) in [7, 11) is 2.31. The quantitative estimate of drug-likeness (QED) is 0.586. The van der Waals surface area contributed by atoms with E-state index in [9.17, 15) is 0 Å². The van der Waals surface area contributed by atoms with Crippen LogP contribution in [0.2, 0.25) is 0 Å². The van der Waals surface area contributed by atoms with Crippen molar-refractivity contribution in [3.05, 3.63) is 6.42 Å². The number of rotatable bonds is 2. The first-order valence-corrected chi connectivity index (χ1v) is 4.91. The van der Waals surface area contributed by atoms with Crippen LogP contribution in [0.4, 0.5) is 0 Å². The van der Waals surface area contributed by atoms with E-state index in [1.165, 1.54) is 38.5 Å². The summed E-state index contributed by atoms with van der Waals surface area (Å²) in [4.78, 5) is 2.62. The zero-order valence-corrected chi connectivity index (χ0v) is 7.42. The van der Waals surface area contributed by atoms with E-state index in [1.54, 1.807) is 0 Å². The van der Waals surface area contributed by atoms with E-state index in [0.717, 1.165) is 12.1 Å². The van der Waals surface area contributed by atoms with E-state index >= 15 is 0 Å². The average molecular weight is 152 g/mol. The monoisotopic (exact) mass is 152 g/mol. The van der Waals surface area contributed by atoms with Crippen LogP contribution in [-0.2, 0) is 0 Å². The summed E-state index contributed by atoms with van der Waals surface area (Å²) in [6.45, 7) is 0. The van der Waals surface area contributed by atoms with Crippen LogP contribution in [0.25, 0.3) is 0 Å². The van der Waals surface area contributed by atoms with Crippen molar-refractivity contribution in [2.45, 2.75) is 50.6 Å². The van der Waals surface area contributed by atoms with Crippen LogP contribution < -0.4 is 0 Å². The predicted molar refractivity (Wildman–Crippen MR) is 47.3 cm³/mol. The van der Waals surface area contributed by atoms with Gasteiger partial charge in [-0.3, -0.25) is 0 Å². The Morgan fingerprint density at radius 3 is 2.18 bits per heavy atom. The van der Waals surface area contributed by atoms with E-state index in [1.807, 2.05) is 0 Å². The smallest absolute Gasteiger partial charge is 0.0101 e. The largest absolute Gasteiger partial charge is 0.300 e. The second-order valence-electron chi connectivity index (χ2n) is 4.02. The van der Waals surface area contributed by atoms with Crippen molar-refractivity contribution in [1.29, 1.82) is 0 Å². The maximum Gasteiger partial charge on any atom is 0.0101 e. The third kappa shape index (κ3) is 1.44. The normalized spacial score (nSPS) is 27.8. The van der Waals surface area contributed by atoms with Gasteiger partial charge in [0.05, 0.1) is 0 Å². The van der Waals surface area contributed by atoms with Gasteiger partial charge in [0.15, 0.2) is 0 Å². The Kier molecular flexibility index (Phi) is 2.17. The fourth-order valence-electron chi connectivity index (χ4n) is 2.26. The van der Waals surface area contributed by atoms with Crippen molar-refractivity contribution < 1.29 is 0 Å². The summed E-state index contributed by atoms with van der Waals surface area (Å²) in [5, 5.41) is 0. The van der Waals surface area contributed by atoms with Gasteiger partial charge in [-0.15, -0.1) is 0 Å². The first-order chi connectivity index (χ1) is 5.38. The Morgan fingerprint density at radius 2 is 1.73 bits per heavy atom. The predicted octanol–water partition coefficient (Wildman–Crippen LogP) is 2.23. The lowest BCUT2D eigenvalue weighted by molar-refractivity contribution is 0.141. The lowest BCUT2D eigenvalue weighted by Gasteiger charge is -2.38. The highest BCUT2D eigenvalue weighted by Crippen LogP contribution is 2.30. The standard InChI is InChI=1S/C10H18N/c1-11(10-7-4-8-10)9-5-2-3-6-9/h4,9-10H,2-3,5-8H2,1H3. The third-order valence-electron chi connectivity index (χ3n) is 3.35. The Balaban J connectivity index is 1.82. The summed E-state index contributed by atoms with van der Waals surface area (Å²) >= 11 is 0. The van der Waals surface area contributed by atoms with Crippen molar-refractivity contribution in [3.63, 3.8) is 0 Å². The molecule has 0 saturated heterocycles. The lowest BCUT2D eigenvalue weighted by Crippen LogP contribution is -2.42. The molecule has 0 spiro atoms. The van der Waals surface area contributed by atoms with Gasteiger partial charge in [0.25, 0.3) is 0 Å². The summed E-state index contributed by atoms with van der Waals surface area (Å²) < 4.78 is 0. The zero-order valence-electron chi connectivity index (χ0n) is 7.42. The first-order valence-electron chi connectivity index (χ1n) is 4.91. The molecule has 0 N–H and O–H groups in total. The molecule has 0 aromatic carbocycles. The molecule has 0 unspecified atom stereocenters. The fourth-order valence-corrected chi connectivity index (χ4v) is 2.26. The number of hydrogen-bond acceptors (Lipinski definition) is 1. The molecule has 2 saturated carbocycles. The zero-order chi connectivity index (χ0) is 7.68. The van der Waals surface area contributed by atoms with Gasteiger partial charge in [0, 0.05) is 12.1 Å². The first kappa shape index (κ1) is 7.60. The third-order valence-corrected chi connectivity index (χ3v) is 3.35. The van der Waals surface area contributed by atoms with E-state index in [0.29, 0.717) is 0 Å². The Morgan fingerprint density at radius 1 is 1.09 bits per heavy atom. The molecule has 0 aliphatic heterocycles. The Bertz CT molecular complexity index is 123. The number of hydrogen-bond donors (Lipinski definition) is 0. The SMILES string of the molecule is CN(C1C[CH]C1)C1CCCC1. The highest BCUT2D eigenvalue weighted by atomic mass is 15.2. The second kappa shape index (κ2) is 3.14. The van der Waals surface area contributed by atoms with Gasteiger partial charge in [0.1, 0.15) is 0 Å². The maximum atomic E-state index is 2.62. The Labute approximate surface area is 69.8 Å². The maximum absolute atomic E-state index is 2.62. The van der Waals surface area contributed by atoms with E-state index in [-0.39, 0.29) is 0 Å². The molecular weight excluding hydrogens is 134 g/mol. The minimum atomic E-state index is 0.901. The molecule has 1 heteroatoms. The minimum absolute atomic E-state index is 0.901. The van der Waals surface area contributed by atoms with Crippen molar-refractivity contribution in [2.24, 2.45) is 0 Å². The highest BCUT2D eigenvalue weighted by molar-refractivity contribution is 4.94. The van der Waals surface area contributed by atoms with Crippen LogP contribution in [0.15, 0.2) is 0 Å². The van der Waals surface area contributed by atoms with E-state index in [2.05, 4.69) is 18.4 Å². The molecule has 1 radical (unpaired) electrons. The molecule has 0 atom stereocenters. The lowest BCUT2D eigenvalue weighted by atomic mass is 9.90. The second-order valence-corrected chi connectivity index (χ2v) is 4.02. The summed E-state index contributed by atoms with van der Waals surface area (Å²) in [6.07, 6.45) is 10.9. The van der Waals surface area contributed by atoms with E-state index < -0.39 is 0 Å². The van der Waals surface area contributed by atoms with E-state index in [4.69, 9.17) is 0 Å². The molecule has 2 aliphatic rings. The molecule has 0 heterocycles. The minimum Gasteiger partial charge on any atom is -0.300 e. The molecule has 0 amide bonds.